The second kappa shape index (κ2) is 20.7. The Morgan fingerprint density at radius 3 is 1.51 bits per heavy atom. The van der Waals surface area contributed by atoms with Gasteiger partial charge in [-0.1, -0.05) is 13.8 Å². The van der Waals surface area contributed by atoms with Crippen molar-refractivity contribution in [3.8, 4) is 0 Å². The van der Waals surface area contributed by atoms with Gasteiger partial charge >= 0.3 is 17.9 Å². The van der Waals surface area contributed by atoms with Crippen LogP contribution in [0.2, 0.25) is 0 Å². The lowest BCUT2D eigenvalue weighted by atomic mass is 10.1. The molecule has 0 radical (unpaired) electrons. The summed E-state index contributed by atoms with van der Waals surface area (Å²) in [5.74, 6) is -2.42. The van der Waals surface area contributed by atoms with Crippen LogP contribution in [-0.2, 0) is 28.7 Å². The average Bonchev–Trinajstić information content (AvgIpc) is 2.84. The van der Waals surface area contributed by atoms with Crippen molar-refractivity contribution in [2.45, 2.75) is 26.4 Å². The Kier molecular flexibility index (Phi) is 18.5. The molecule has 14 nitrogen and oxygen atoms in total. The van der Waals surface area contributed by atoms with Crippen LogP contribution in [-0.4, -0.2) is 170 Å². The fraction of sp³-hybridized carbons (Fsp3) is 0.840. The quantitative estimate of drug-likeness (QED) is 0.114. The molecule has 0 saturated carbocycles. The zero-order valence-corrected chi connectivity index (χ0v) is 23.3. The van der Waals surface area contributed by atoms with Gasteiger partial charge in [0.1, 0.15) is 6.17 Å². The second-order valence-electron chi connectivity index (χ2n) is 9.99. The lowest BCUT2D eigenvalue weighted by Crippen LogP contribution is -2.54. The molecule has 1 saturated heterocycles. The number of rotatable bonds is 18. The van der Waals surface area contributed by atoms with Crippen LogP contribution in [0.25, 0.3) is 0 Å². The minimum absolute atomic E-state index is 0.216. The van der Waals surface area contributed by atoms with Crippen molar-refractivity contribution in [3.05, 3.63) is 0 Å². The molecule has 1 heterocycles. The summed E-state index contributed by atoms with van der Waals surface area (Å²) in [6.07, 6.45) is 1.10. The van der Waals surface area contributed by atoms with Gasteiger partial charge < -0.3 is 29.6 Å². The number of ether oxygens (including phenoxy) is 2. The van der Waals surface area contributed by atoms with E-state index in [4.69, 9.17) is 9.47 Å². The van der Waals surface area contributed by atoms with Gasteiger partial charge in [-0.3, -0.25) is 39.3 Å². The van der Waals surface area contributed by atoms with E-state index >= 15 is 0 Å². The molecular formula is C25H47N5O9. The average molecular weight is 562 g/mol. The SMILES string of the molecule is CC(C)CCOCCOCCNC(C=O)N1CCN(CC(=O)O)CCN(CC(=O)O)CCN(CC(=O)O)CC1. The molecule has 1 atom stereocenters. The molecule has 1 fully saturated rings. The molecule has 1 rings (SSSR count). The molecule has 1 aliphatic heterocycles. The Morgan fingerprint density at radius 1 is 0.718 bits per heavy atom. The predicted octanol–water partition coefficient (Wildman–Crippen LogP) is -1.34. The zero-order chi connectivity index (χ0) is 29.0. The van der Waals surface area contributed by atoms with Crippen LogP contribution in [0.1, 0.15) is 20.3 Å². The van der Waals surface area contributed by atoms with E-state index in [1.165, 1.54) is 0 Å². The second-order valence-corrected chi connectivity index (χ2v) is 9.99. The highest BCUT2D eigenvalue weighted by Gasteiger charge is 2.23. The summed E-state index contributed by atoms with van der Waals surface area (Å²) in [6, 6.07) is 0. The summed E-state index contributed by atoms with van der Waals surface area (Å²) in [6.45, 7) is 8.68. The third kappa shape index (κ3) is 17.9. The van der Waals surface area contributed by atoms with Crippen LogP contribution in [0.3, 0.4) is 0 Å². The Bertz CT molecular complexity index is 696. The third-order valence-corrected chi connectivity index (χ3v) is 6.28. The maximum atomic E-state index is 12.0. The van der Waals surface area contributed by atoms with Gasteiger partial charge in [-0.15, -0.1) is 0 Å². The number of nitrogens with zero attached hydrogens (tertiary/aromatic N) is 4. The number of carbonyl (C=O) groups excluding carboxylic acids is 1. The number of carbonyl (C=O) groups is 4. The van der Waals surface area contributed by atoms with Gasteiger partial charge in [0.05, 0.1) is 39.5 Å². The Morgan fingerprint density at radius 2 is 1.13 bits per heavy atom. The highest BCUT2D eigenvalue weighted by atomic mass is 16.5. The lowest BCUT2D eigenvalue weighted by molar-refractivity contribution is -0.140. The van der Waals surface area contributed by atoms with Crippen LogP contribution in [0.5, 0.6) is 0 Å². The largest absolute Gasteiger partial charge is 0.480 e. The Balaban J connectivity index is 2.76. The van der Waals surface area contributed by atoms with Crippen molar-refractivity contribution in [2.24, 2.45) is 5.92 Å². The van der Waals surface area contributed by atoms with E-state index < -0.39 is 24.1 Å². The van der Waals surface area contributed by atoms with Crippen LogP contribution >= 0.6 is 0 Å². The van der Waals surface area contributed by atoms with E-state index in [0.717, 1.165) is 12.7 Å². The molecule has 0 bridgehead atoms. The fourth-order valence-electron chi connectivity index (χ4n) is 4.06. The molecule has 1 unspecified atom stereocenters. The van der Waals surface area contributed by atoms with Crippen molar-refractivity contribution in [2.75, 3.05) is 105 Å². The number of hydrogen-bond donors (Lipinski definition) is 4. The number of hydrogen-bond acceptors (Lipinski definition) is 11. The molecule has 226 valence electrons. The van der Waals surface area contributed by atoms with Crippen LogP contribution in [0, 0.1) is 5.92 Å². The number of carboxylic acid groups (broad SMARTS) is 3. The number of aldehydes is 1. The maximum absolute atomic E-state index is 12.0. The van der Waals surface area contributed by atoms with E-state index in [1.807, 2.05) is 4.90 Å². The van der Waals surface area contributed by atoms with E-state index in [9.17, 15) is 34.5 Å². The molecule has 0 aromatic heterocycles. The van der Waals surface area contributed by atoms with Crippen LogP contribution in [0.15, 0.2) is 0 Å². The van der Waals surface area contributed by atoms with Gasteiger partial charge in [-0.2, -0.15) is 0 Å². The number of aliphatic carboxylic acids is 3. The first-order chi connectivity index (χ1) is 18.6. The molecule has 14 heteroatoms. The molecule has 0 aromatic rings. The van der Waals surface area contributed by atoms with E-state index in [0.29, 0.717) is 91.2 Å². The standard InChI is InChI=1S/C25H47N5O9/c1-21(2)3-13-38-15-16-39-14-4-26-22(20-31)30-11-9-28(18-24(34)35)7-5-27(17-23(32)33)6-8-29(10-12-30)19-25(36)37/h20-22,26H,3-19H2,1-2H3,(H,32,33)(H,34,35)(H,36,37). The molecule has 39 heavy (non-hydrogen) atoms. The summed E-state index contributed by atoms with van der Waals surface area (Å²) in [5.41, 5.74) is 0. The van der Waals surface area contributed by atoms with Gasteiger partial charge in [0.25, 0.3) is 0 Å². The fourth-order valence-corrected chi connectivity index (χ4v) is 4.06. The molecule has 0 aromatic carbocycles. The maximum Gasteiger partial charge on any atom is 0.317 e. The first kappa shape index (κ1) is 34.8. The smallest absolute Gasteiger partial charge is 0.317 e. The summed E-state index contributed by atoms with van der Waals surface area (Å²) < 4.78 is 11.1. The molecule has 1 aliphatic rings. The summed E-state index contributed by atoms with van der Waals surface area (Å²) in [7, 11) is 0. The highest BCUT2D eigenvalue weighted by Crippen LogP contribution is 2.03. The van der Waals surface area contributed by atoms with Gasteiger partial charge in [0.2, 0.25) is 0 Å². The minimum atomic E-state index is -1.01. The van der Waals surface area contributed by atoms with Gasteiger partial charge in [-0.05, 0) is 12.3 Å². The number of nitrogens with one attached hydrogen (secondary N) is 1. The summed E-state index contributed by atoms with van der Waals surface area (Å²) in [4.78, 5) is 53.1. The first-order valence-electron chi connectivity index (χ1n) is 13.5. The van der Waals surface area contributed by atoms with Gasteiger partial charge in [0, 0.05) is 65.5 Å². The molecule has 4 N–H and O–H groups in total. The molecular weight excluding hydrogens is 514 g/mol. The van der Waals surface area contributed by atoms with E-state index in [1.54, 1.807) is 14.7 Å². The number of carboxylic acids is 3. The van der Waals surface area contributed by atoms with Gasteiger partial charge in [0.15, 0.2) is 6.29 Å². The lowest BCUT2D eigenvalue weighted by Gasteiger charge is -2.35. The minimum Gasteiger partial charge on any atom is -0.480 e. The summed E-state index contributed by atoms with van der Waals surface area (Å²) >= 11 is 0. The Labute approximate surface area is 230 Å². The van der Waals surface area contributed by atoms with E-state index in [2.05, 4.69) is 19.2 Å². The zero-order valence-electron chi connectivity index (χ0n) is 23.3. The molecule has 0 aliphatic carbocycles. The predicted molar refractivity (Wildman–Crippen MR) is 143 cm³/mol. The topological polar surface area (TPSA) is 172 Å². The van der Waals surface area contributed by atoms with E-state index in [-0.39, 0.29) is 19.6 Å². The molecule has 0 spiro atoms. The van der Waals surface area contributed by atoms with Crippen molar-refractivity contribution in [1.29, 1.82) is 0 Å². The van der Waals surface area contributed by atoms with Gasteiger partial charge in [-0.25, -0.2) is 0 Å². The van der Waals surface area contributed by atoms with Crippen LogP contribution < -0.4 is 5.32 Å². The summed E-state index contributed by atoms with van der Waals surface area (Å²) in [5, 5.41) is 31.1. The Hall–Kier alpha value is -2.20. The van der Waals surface area contributed by atoms with Crippen molar-refractivity contribution in [1.82, 2.24) is 24.9 Å². The monoisotopic (exact) mass is 561 g/mol. The van der Waals surface area contributed by atoms with Crippen LogP contribution in [0.4, 0.5) is 0 Å². The third-order valence-electron chi connectivity index (χ3n) is 6.28. The highest BCUT2D eigenvalue weighted by molar-refractivity contribution is 5.70. The molecule has 0 amide bonds. The normalized spacial score (nSPS) is 18.3. The first-order valence-corrected chi connectivity index (χ1v) is 13.5. The van der Waals surface area contributed by atoms with Crippen molar-refractivity contribution < 1.29 is 44.0 Å². The van der Waals surface area contributed by atoms with Crippen molar-refractivity contribution >= 4 is 24.2 Å². The van der Waals surface area contributed by atoms with Crippen molar-refractivity contribution in [3.63, 3.8) is 0 Å².